The molecule has 0 aliphatic heterocycles. The molecule has 21 heavy (non-hydrogen) atoms. The van der Waals surface area contributed by atoms with Crippen LogP contribution in [0.15, 0.2) is 48.8 Å². The number of hydrogen-bond donors (Lipinski definition) is 1. The Morgan fingerprint density at radius 2 is 1.86 bits per heavy atom. The zero-order chi connectivity index (χ0) is 15.3. The lowest BCUT2D eigenvalue weighted by Gasteiger charge is -2.09. The van der Waals surface area contributed by atoms with E-state index in [-0.39, 0.29) is 5.56 Å². The molecule has 0 radical (unpaired) electrons. The molecule has 0 unspecified atom stereocenters. The molecule has 0 saturated heterocycles. The van der Waals surface area contributed by atoms with E-state index in [0.717, 1.165) is 18.7 Å². The summed E-state index contributed by atoms with van der Waals surface area (Å²) in [5.74, 6) is -0.492. The standard InChI is InChI=1S/C15H15F3N2O/c16-15(17,18)13-6-3-5-12(11-13)14(21)19-7-4-10-20-8-1-2-9-20/h1-3,5-6,8-9,11H,4,7,10H2,(H,19,21). The van der Waals surface area contributed by atoms with Gasteiger partial charge in [-0.05, 0) is 36.8 Å². The number of benzene rings is 1. The molecular formula is C15H15F3N2O. The fourth-order valence-electron chi connectivity index (χ4n) is 1.92. The number of carbonyl (C=O) groups excluding carboxylic acids is 1. The van der Waals surface area contributed by atoms with Crippen molar-refractivity contribution in [2.24, 2.45) is 0 Å². The van der Waals surface area contributed by atoms with Crippen LogP contribution < -0.4 is 5.32 Å². The van der Waals surface area contributed by atoms with Crippen molar-refractivity contribution in [2.45, 2.75) is 19.1 Å². The summed E-state index contributed by atoms with van der Waals surface area (Å²) in [6, 6.07) is 8.22. The molecule has 0 atom stereocenters. The zero-order valence-corrected chi connectivity index (χ0v) is 11.2. The highest BCUT2D eigenvalue weighted by Crippen LogP contribution is 2.29. The summed E-state index contributed by atoms with van der Waals surface area (Å²) in [5.41, 5.74) is -0.798. The molecule has 1 amide bonds. The highest BCUT2D eigenvalue weighted by molar-refractivity contribution is 5.94. The molecule has 3 nitrogen and oxygen atoms in total. The quantitative estimate of drug-likeness (QED) is 0.844. The Kier molecular flexibility index (Phi) is 4.67. The van der Waals surface area contributed by atoms with Gasteiger partial charge in [-0.3, -0.25) is 4.79 Å². The monoisotopic (exact) mass is 296 g/mol. The fourth-order valence-corrected chi connectivity index (χ4v) is 1.92. The molecule has 6 heteroatoms. The van der Waals surface area contributed by atoms with Gasteiger partial charge in [-0.2, -0.15) is 13.2 Å². The lowest BCUT2D eigenvalue weighted by Crippen LogP contribution is -2.25. The second kappa shape index (κ2) is 6.47. The van der Waals surface area contributed by atoms with Gasteiger partial charge in [0.15, 0.2) is 0 Å². The second-order valence-corrected chi connectivity index (χ2v) is 4.61. The van der Waals surface area contributed by atoms with E-state index in [0.29, 0.717) is 13.0 Å². The zero-order valence-electron chi connectivity index (χ0n) is 11.2. The van der Waals surface area contributed by atoms with Crippen molar-refractivity contribution < 1.29 is 18.0 Å². The Hall–Kier alpha value is -2.24. The maximum atomic E-state index is 12.6. The van der Waals surface area contributed by atoms with Gasteiger partial charge in [-0.15, -0.1) is 0 Å². The maximum absolute atomic E-state index is 12.6. The highest BCUT2D eigenvalue weighted by atomic mass is 19.4. The summed E-state index contributed by atoms with van der Waals surface area (Å²) in [5, 5.41) is 2.62. The molecule has 1 aromatic carbocycles. The molecular weight excluding hydrogens is 281 g/mol. The topological polar surface area (TPSA) is 34.0 Å². The number of halogens is 3. The molecule has 0 aliphatic carbocycles. The average molecular weight is 296 g/mol. The number of nitrogens with one attached hydrogen (secondary N) is 1. The number of nitrogens with zero attached hydrogens (tertiary/aromatic N) is 1. The van der Waals surface area contributed by atoms with Crippen LogP contribution in [0.5, 0.6) is 0 Å². The first-order valence-electron chi connectivity index (χ1n) is 6.53. The summed E-state index contributed by atoms with van der Waals surface area (Å²) in [7, 11) is 0. The van der Waals surface area contributed by atoms with Crippen LogP contribution >= 0.6 is 0 Å². The van der Waals surface area contributed by atoms with Gasteiger partial charge in [0, 0.05) is 31.0 Å². The Morgan fingerprint density at radius 3 is 2.52 bits per heavy atom. The van der Waals surface area contributed by atoms with Crippen molar-refractivity contribution >= 4 is 5.91 Å². The summed E-state index contributed by atoms with van der Waals surface area (Å²) in [6.45, 7) is 1.16. The number of amides is 1. The Morgan fingerprint density at radius 1 is 1.14 bits per heavy atom. The van der Waals surface area contributed by atoms with E-state index in [1.54, 1.807) is 0 Å². The SMILES string of the molecule is O=C(NCCCn1cccc1)c1cccc(C(F)(F)F)c1. The number of alkyl halides is 3. The predicted octanol–water partition coefficient (Wildman–Crippen LogP) is 3.33. The number of aromatic nitrogens is 1. The third-order valence-electron chi connectivity index (χ3n) is 3.00. The molecule has 2 rings (SSSR count). The van der Waals surface area contributed by atoms with Crippen LogP contribution in [-0.4, -0.2) is 17.0 Å². The van der Waals surface area contributed by atoms with Crippen molar-refractivity contribution in [3.05, 3.63) is 59.9 Å². The molecule has 0 fully saturated rings. The van der Waals surface area contributed by atoms with Crippen LogP contribution in [-0.2, 0) is 12.7 Å². The van der Waals surface area contributed by atoms with Crippen LogP contribution in [0.25, 0.3) is 0 Å². The molecule has 1 heterocycles. The Bertz CT molecular complexity index is 591. The third-order valence-corrected chi connectivity index (χ3v) is 3.00. The van der Waals surface area contributed by atoms with Crippen molar-refractivity contribution in [2.75, 3.05) is 6.54 Å². The molecule has 0 bridgehead atoms. The van der Waals surface area contributed by atoms with Gasteiger partial charge in [-0.25, -0.2) is 0 Å². The van der Waals surface area contributed by atoms with E-state index >= 15 is 0 Å². The van der Waals surface area contributed by atoms with Crippen molar-refractivity contribution in [3.8, 4) is 0 Å². The van der Waals surface area contributed by atoms with Gasteiger partial charge in [0.25, 0.3) is 5.91 Å². The third kappa shape index (κ3) is 4.37. The lowest BCUT2D eigenvalue weighted by atomic mass is 10.1. The minimum Gasteiger partial charge on any atom is -0.354 e. The Balaban J connectivity index is 1.85. The summed E-state index contributed by atoms with van der Waals surface area (Å²) < 4.78 is 39.7. The largest absolute Gasteiger partial charge is 0.416 e. The van der Waals surface area contributed by atoms with Crippen molar-refractivity contribution in [1.82, 2.24) is 9.88 Å². The number of carbonyl (C=O) groups is 1. The van der Waals surface area contributed by atoms with Crippen LogP contribution in [0, 0.1) is 0 Å². The van der Waals surface area contributed by atoms with Crippen molar-refractivity contribution in [1.29, 1.82) is 0 Å². The van der Waals surface area contributed by atoms with Crippen LogP contribution in [0.4, 0.5) is 13.2 Å². The van der Waals surface area contributed by atoms with Crippen molar-refractivity contribution in [3.63, 3.8) is 0 Å². The van der Waals surface area contributed by atoms with Gasteiger partial charge >= 0.3 is 6.18 Å². The summed E-state index contributed by atoms with van der Waals surface area (Å²) in [4.78, 5) is 11.8. The normalized spacial score (nSPS) is 11.4. The minimum atomic E-state index is -4.44. The van der Waals surface area contributed by atoms with E-state index in [1.165, 1.54) is 12.1 Å². The minimum absolute atomic E-state index is 0.0192. The fraction of sp³-hybridized carbons (Fsp3) is 0.267. The summed E-state index contributed by atoms with van der Waals surface area (Å²) >= 11 is 0. The van der Waals surface area contributed by atoms with Gasteiger partial charge in [0.1, 0.15) is 0 Å². The first-order chi connectivity index (χ1) is 9.97. The van der Waals surface area contributed by atoms with Crippen LogP contribution in [0.3, 0.4) is 0 Å². The van der Waals surface area contributed by atoms with E-state index < -0.39 is 17.6 Å². The van der Waals surface area contributed by atoms with E-state index in [1.807, 2.05) is 29.1 Å². The lowest BCUT2D eigenvalue weighted by molar-refractivity contribution is -0.137. The van der Waals surface area contributed by atoms with Gasteiger partial charge in [0.2, 0.25) is 0 Å². The Labute approximate surface area is 120 Å². The molecule has 1 N–H and O–H groups in total. The van der Waals surface area contributed by atoms with Gasteiger partial charge in [-0.1, -0.05) is 6.07 Å². The van der Waals surface area contributed by atoms with Gasteiger partial charge < -0.3 is 9.88 Å². The van der Waals surface area contributed by atoms with Crippen LogP contribution in [0.2, 0.25) is 0 Å². The van der Waals surface area contributed by atoms with Crippen LogP contribution in [0.1, 0.15) is 22.3 Å². The summed E-state index contributed by atoms with van der Waals surface area (Å²) in [6.07, 6.45) is 0.0906. The number of rotatable bonds is 5. The molecule has 2 aromatic rings. The maximum Gasteiger partial charge on any atom is 0.416 e. The predicted molar refractivity (Wildman–Crippen MR) is 72.8 cm³/mol. The molecule has 0 spiro atoms. The van der Waals surface area contributed by atoms with E-state index in [9.17, 15) is 18.0 Å². The second-order valence-electron chi connectivity index (χ2n) is 4.61. The van der Waals surface area contributed by atoms with Gasteiger partial charge in [0.05, 0.1) is 5.56 Å². The number of hydrogen-bond acceptors (Lipinski definition) is 1. The van der Waals surface area contributed by atoms with E-state index in [4.69, 9.17) is 0 Å². The molecule has 1 aromatic heterocycles. The highest BCUT2D eigenvalue weighted by Gasteiger charge is 2.30. The number of aryl methyl sites for hydroxylation is 1. The smallest absolute Gasteiger partial charge is 0.354 e. The molecule has 0 aliphatic rings. The van der Waals surface area contributed by atoms with E-state index in [2.05, 4.69) is 5.32 Å². The first kappa shape index (κ1) is 15.2. The molecule has 112 valence electrons. The molecule has 0 saturated carbocycles. The first-order valence-corrected chi connectivity index (χ1v) is 6.53. The average Bonchev–Trinajstić information content (AvgIpc) is 2.96.